The van der Waals surface area contributed by atoms with Crippen molar-refractivity contribution in [3.63, 3.8) is 0 Å². The highest BCUT2D eigenvalue weighted by molar-refractivity contribution is 5.95. The Morgan fingerprint density at radius 2 is 0.870 bits per heavy atom. The number of phenols is 1. The number of benzene rings is 3. The van der Waals surface area contributed by atoms with Crippen LogP contribution in [0.25, 0.3) is 0 Å². The van der Waals surface area contributed by atoms with E-state index < -0.39 is 90.1 Å². The summed E-state index contributed by atoms with van der Waals surface area (Å²) < 4.78 is 0. The van der Waals surface area contributed by atoms with E-state index in [1.807, 2.05) is 6.07 Å². The summed E-state index contributed by atoms with van der Waals surface area (Å²) in [6.07, 6.45) is 9.51. The highest BCUT2D eigenvalue weighted by Gasteiger charge is 2.32. The molecule has 0 aromatic heterocycles. The molecule has 0 aliphatic heterocycles. The van der Waals surface area contributed by atoms with Gasteiger partial charge < -0.3 is 53.4 Å². The summed E-state index contributed by atoms with van der Waals surface area (Å²) in [6.45, 7) is 1.36. The number of hydrogen-bond acceptors (Lipinski definition) is 10. The monoisotopic (exact) mass is 958 g/mol. The lowest BCUT2D eigenvalue weighted by atomic mass is 10.0. The number of phenolic OH excluding ortho intramolecular Hbond substituents is 1. The number of nitrogens with one attached hydrogen (secondary N) is 5. The normalized spacial score (nSPS) is 13.6. The van der Waals surface area contributed by atoms with E-state index in [2.05, 4.69) is 26.6 Å². The van der Waals surface area contributed by atoms with E-state index >= 15 is 0 Å². The van der Waals surface area contributed by atoms with Crippen LogP contribution in [0.4, 0.5) is 0 Å². The highest BCUT2D eigenvalue weighted by atomic mass is 16.4. The second-order valence-corrected chi connectivity index (χ2v) is 17.5. The van der Waals surface area contributed by atoms with Gasteiger partial charge in [-0.15, -0.1) is 0 Å². The number of unbranched alkanes of at least 4 members (excludes halogenated alkanes) is 11. The molecule has 0 unspecified atom stereocenters. The zero-order valence-electron chi connectivity index (χ0n) is 39.5. The number of primary amides is 2. The van der Waals surface area contributed by atoms with Crippen LogP contribution in [0.1, 0.15) is 120 Å². The van der Waals surface area contributed by atoms with Crippen LogP contribution < -0.4 is 38.1 Å². The van der Waals surface area contributed by atoms with Crippen molar-refractivity contribution in [3.8, 4) is 5.75 Å². The number of aliphatic hydroxyl groups excluding tert-OH is 1. The van der Waals surface area contributed by atoms with Crippen molar-refractivity contribution in [3.05, 3.63) is 102 Å². The second-order valence-electron chi connectivity index (χ2n) is 17.5. The second kappa shape index (κ2) is 31.3. The first-order chi connectivity index (χ1) is 33.0. The number of aliphatic hydroxyl groups is 1. The Balaban J connectivity index is 1.31. The Labute approximate surface area is 404 Å². The van der Waals surface area contributed by atoms with E-state index in [-0.39, 0.29) is 37.9 Å². The number of carbonyl (C=O) groups excluding carboxylic acids is 7. The standard InChI is InChI=1S/C51H71N7O11/c1-34(59)46(50(67)56-40(31-37-26-28-38(60)29-27-37)48(65)55-39(47(53)64)30-35-20-14-12-15-21-35)58-45(63)25-19-11-9-7-5-3-2-4-6-8-10-18-24-44(62)54-41(33-43(52)61)49(66)57-42(51(68)69)32-36-22-16-13-17-23-36/h12-17,20-23,26-29,34,39-42,46,59-60H,2-11,18-19,24-25,30-33H2,1H3,(H2,52,61)(H2,53,64)(H,54,62)(H,55,65)(H,56,67)(H,57,66)(H,58,63)(H,68,69)/t34-,39-,40-,41-,42-,46-/m0/s1. The van der Waals surface area contributed by atoms with Crippen LogP contribution in [0.3, 0.4) is 0 Å². The van der Waals surface area contributed by atoms with Crippen molar-refractivity contribution in [1.82, 2.24) is 26.6 Å². The number of carboxylic acid groups (broad SMARTS) is 1. The van der Waals surface area contributed by atoms with Crippen LogP contribution in [-0.4, -0.2) is 99.0 Å². The third-order valence-electron chi connectivity index (χ3n) is 11.5. The van der Waals surface area contributed by atoms with Gasteiger partial charge in [0.2, 0.25) is 41.4 Å². The third-order valence-corrected chi connectivity index (χ3v) is 11.5. The van der Waals surface area contributed by atoms with E-state index in [1.165, 1.54) is 19.1 Å². The minimum Gasteiger partial charge on any atom is -0.508 e. The lowest BCUT2D eigenvalue weighted by Gasteiger charge is -2.26. The predicted octanol–water partition coefficient (Wildman–Crippen LogP) is 3.13. The van der Waals surface area contributed by atoms with Crippen molar-refractivity contribution in [2.24, 2.45) is 11.5 Å². The summed E-state index contributed by atoms with van der Waals surface area (Å²) in [4.78, 5) is 101. The summed E-state index contributed by atoms with van der Waals surface area (Å²) >= 11 is 0. The van der Waals surface area contributed by atoms with E-state index in [9.17, 15) is 53.7 Å². The highest BCUT2D eigenvalue weighted by Crippen LogP contribution is 2.15. The van der Waals surface area contributed by atoms with Crippen molar-refractivity contribution in [1.29, 1.82) is 0 Å². The van der Waals surface area contributed by atoms with Gasteiger partial charge in [-0.3, -0.25) is 33.6 Å². The molecule has 69 heavy (non-hydrogen) atoms. The smallest absolute Gasteiger partial charge is 0.326 e. The topological polar surface area (TPSA) is 309 Å². The summed E-state index contributed by atoms with van der Waals surface area (Å²) in [5.74, 6) is -5.94. The van der Waals surface area contributed by atoms with Crippen molar-refractivity contribution in [2.75, 3.05) is 0 Å². The third kappa shape index (κ3) is 23.2. The average Bonchev–Trinajstić information content (AvgIpc) is 3.30. The maximum absolute atomic E-state index is 13.6. The van der Waals surface area contributed by atoms with Crippen molar-refractivity contribution in [2.45, 2.75) is 159 Å². The van der Waals surface area contributed by atoms with E-state index in [0.29, 0.717) is 24.0 Å². The Kier molecular flexibility index (Phi) is 25.6. The molecule has 0 spiro atoms. The van der Waals surface area contributed by atoms with Gasteiger partial charge in [-0.05, 0) is 48.6 Å². The van der Waals surface area contributed by atoms with Crippen LogP contribution in [0.2, 0.25) is 0 Å². The zero-order valence-corrected chi connectivity index (χ0v) is 39.5. The molecule has 0 radical (unpaired) electrons. The molecule has 12 N–H and O–H groups in total. The molecule has 0 saturated carbocycles. The van der Waals surface area contributed by atoms with Gasteiger partial charge >= 0.3 is 5.97 Å². The SMILES string of the molecule is C[C@H](O)[C@H](NC(=O)CCCCCCCCCCCCCCC(=O)N[C@@H](CC(N)=O)C(=O)N[C@@H](Cc1ccccc1)C(=O)O)C(=O)N[C@@H](Cc1ccc(O)cc1)C(=O)N[C@@H](Cc1ccccc1)C(N)=O. The molecule has 3 aromatic rings. The number of hydrogen-bond donors (Lipinski definition) is 10. The lowest BCUT2D eigenvalue weighted by Crippen LogP contribution is -2.59. The quantitative estimate of drug-likeness (QED) is 0.0388. The van der Waals surface area contributed by atoms with Crippen LogP contribution in [0, 0.1) is 0 Å². The van der Waals surface area contributed by atoms with E-state index in [0.717, 1.165) is 69.8 Å². The van der Waals surface area contributed by atoms with Crippen LogP contribution >= 0.6 is 0 Å². The molecule has 18 nitrogen and oxygen atoms in total. The minimum atomic E-state index is -1.36. The molecule has 0 saturated heterocycles. The number of aromatic hydroxyl groups is 1. The Hall–Kier alpha value is -6.82. The average molecular weight is 958 g/mol. The molecular weight excluding hydrogens is 887 g/mol. The first kappa shape index (κ1) is 56.5. The molecule has 3 rings (SSSR count). The maximum Gasteiger partial charge on any atom is 0.326 e. The molecular formula is C51H71N7O11. The molecule has 0 aliphatic rings. The number of aliphatic carboxylic acids is 1. The first-order valence-corrected chi connectivity index (χ1v) is 23.9. The molecule has 0 bridgehead atoms. The molecule has 0 aliphatic carbocycles. The number of nitrogens with two attached hydrogens (primary N) is 2. The number of rotatable bonds is 34. The lowest BCUT2D eigenvalue weighted by molar-refractivity contribution is -0.142. The summed E-state index contributed by atoms with van der Waals surface area (Å²) in [5.41, 5.74) is 13.0. The predicted molar refractivity (Wildman–Crippen MR) is 259 cm³/mol. The fourth-order valence-electron chi connectivity index (χ4n) is 7.67. The molecule has 0 heterocycles. The Morgan fingerprint density at radius 3 is 1.32 bits per heavy atom. The molecule has 0 fully saturated rings. The fraction of sp³-hybridized carbons (Fsp3) is 0.490. The Bertz CT molecular complexity index is 2090. The summed E-state index contributed by atoms with van der Waals surface area (Å²) in [5, 5.41) is 42.7. The zero-order chi connectivity index (χ0) is 50.6. The number of carbonyl (C=O) groups is 8. The van der Waals surface area contributed by atoms with Gasteiger partial charge in [-0.1, -0.05) is 137 Å². The van der Waals surface area contributed by atoms with Gasteiger partial charge in [0.1, 0.15) is 36.0 Å². The van der Waals surface area contributed by atoms with E-state index in [1.54, 1.807) is 66.7 Å². The van der Waals surface area contributed by atoms with E-state index in [4.69, 9.17) is 11.5 Å². The van der Waals surface area contributed by atoms with Gasteiger partial charge in [0.15, 0.2) is 0 Å². The molecule has 6 atom stereocenters. The van der Waals surface area contributed by atoms with Crippen molar-refractivity contribution >= 4 is 47.3 Å². The maximum atomic E-state index is 13.6. The van der Waals surface area contributed by atoms with Gasteiger partial charge in [-0.25, -0.2) is 4.79 Å². The largest absolute Gasteiger partial charge is 0.508 e. The van der Waals surface area contributed by atoms with Gasteiger partial charge in [0.25, 0.3) is 0 Å². The molecule has 18 heteroatoms. The summed E-state index contributed by atoms with van der Waals surface area (Å²) in [6, 6.07) is 17.6. The molecule has 3 aromatic carbocycles. The Morgan fingerprint density at radius 1 is 0.478 bits per heavy atom. The summed E-state index contributed by atoms with van der Waals surface area (Å²) in [7, 11) is 0. The minimum absolute atomic E-state index is 0.0105. The number of amides is 7. The first-order valence-electron chi connectivity index (χ1n) is 23.9. The van der Waals surface area contributed by atoms with Gasteiger partial charge in [0.05, 0.1) is 12.5 Å². The fourth-order valence-corrected chi connectivity index (χ4v) is 7.67. The van der Waals surface area contributed by atoms with Gasteiger partial charge in [0, 0.05) is 32.1 Å². The van der Waals surface area contributed by atoms with Gasteiger partial charge in [-0.2, -0.15) is 0 Å². The van der Waals surface area contributed by atoms with Crippen LogP contribution in [-0.2, 0) is 57.6 Å². The van der Waals surface area contributed by atoms with Crippen LogP contribution in [0.5, 0.6) is 5.75 Å². The molecule has 376 valence electrons. The van der Waals surface area contributed by atoms with Crippen LogP contribution in [0.15, 0.2) is 84.9 Å². The van der Waals surface area contributed by atoms with Crippen molar-refractivity contribution < 1.29 is 53.7 Å². The number of carboxylic acids is 1. The molecule has 7 amide bonds.